The van der Waals surface area contributed by atoms with Gasteiger partial charge in [0.05, 0.1) is 5.25 Å². The first-order valence-electron chi connectivity index (χ1n) is 6.95. The fraction of sp³-hybridized carbons (Fsp3) is 0.188. The van der Waals surface area contributed by atoms with Gasteiger partial charge < -0.3 is 5.32 Å². The van der Waals surface area contributed by atoms with Crippen molar-refractivity contribution in [3.63, 3.8) is 0 Å². The number of nitrogens with zero attached hydrogens (tertiary/aromatic N) is 2. The lowest BCUT2D eigenvalue weighted by Crippen LogP contribution is -2.26. The largest absolute Gasteiger partial charge is 0.304 e. The Labute approximate surface area is 148 Å². The van der Waals surface area contributed by atoms with Crippen molar-refractivity contribution in [1.82, 2.24) is 10.3 Å². The molecular formula is C16H13Cl2N3OS. The molecule has 4 nitrogen and oxygen atoms in total. The van der Waals surface area contributed by atoms with E-state index in [2.05, 4.69) is 15.3 Å². The average Bonchev–Trinajstić information content (AvgIpc) is 2.82. The highest BCUT2D eigenvalue weighted by molar-refractivity contribution is 8.15. The van der Waals surface area contributed by atoms with Crippen molar-refractivity contribution in [2.45, 2.75) is 18.6 Å². The van der Waals surface area contributed by atoms with Crippen LogP contribution in [0.3, 0.4) is 0 Å². The number of amidine groups is 1. The van der Waals surface area contributed by atoms with Gasteiger partial charge in [-0.25, -0.2) is 9.98 Å². The first-order chi connectivity index (χ1) is 11.0. The number of aromatic nitrogens is 1. The van der Waals surface area contributed by atoms with Gasteiger partial charge in [-0.2, -0.15) is 0 Å². The second-order valence-electron chi connectivity index (χ2n) is 5.09. The first-order valence-corrected chi connectivity index (χ1v) is 8.58. The van der Waals surface area contributed by atoms with Crippen molar-refractivity contribution in [2.24, 2.45) is 4.99 Å². The van der Waals surface area contributed by atoms with Gasteiger partial charge in [-0.1, -0.05) is 47.1 Å². The van der Waals surface area contributed by atoms with Gasteiger partial charge in [-0.3, -0.25) is 4.79 Å². The molecule has 2 heterocycles. The normalized spacial score (nSPS) is 19.2. The van der Waals surface area contributed by atoms with E-state index in [9.17, 15) is 4.79 Å². The molecule has 23 heavy (non-hydrogen) atoms. The number of carbonyl (C=O) groups excluding carboxylic acids is 1. The van der Waals surface area contributed by atoms with Crippen LogP contribution in [0.4, 0.5) is 5.82 Å². The molecule has 1 aliphatic rings. The summed E-state index contributed by atoms with van der Waals surface area (Å²) < 4.78 is 0. The molecule has 0 aliphatic carbocycles. The van der Waals surface area contributed by atoms with E-state index in [4.69, 9.17) is 23.2 Å². The van der Waals surface area contributed by atoms with Crippen molar-refractivity contribution in [3.8, 4) is 0 Å². The van der Waals surface area contributed by atoms with Crippen molar-refractivity contribution in [1.29, 1.82) is 0 Å². The molecule has 1 atom stereocenters. The molecule has 0 bridgehead atoms. The summed E-state index contributed by atoms with van der Waals surface area (Å²) in [7, 11) is 0. The third-order valence-corrected chi connectivity index (χ3v) is 4.96. The third-order valence-electron chi connectivity index (χ3n) is 3.29. The van der Waals surface area contributed by atoms with Gasteiger partial charge in [0.25, 0.3) is 0 Å². The quantitative estimate of drug-likeness (QED) is 0.888. The molecule has 1 fully saturated rings. The predicted octanol–water partition coefficient (Wildman–Crippen LogP) is 4.16. The monoisotopic (exact) mass is 365 g/mol. The van der Waals surface area contributed by atoms with Crippen molar-refractivity contribution in [3.05, 3.63) is 57.7 Å². The van der Waals surface area contributed by atoms with Gasteiger partial charge in [0.2, 0.25) is 5.91 Å². The highest BCUT2D eigenvalue weighted by Crippen LogP contribution is 2.29. The van der Waals surface area contributed by atoms with Crippen molar-refractivity contribution in [2.75, 3.05) is 0 Å². The van der Waals surface area contributed by atoms with Gasteiger partial charge >= 0.3 is 0 Å². The number of carbonyl (C=O) groups is 1. The Kier molecular flexibility index (Phi) is 4.90. The maximum Gasteiger partial charge on any atom is 0.239 e. The SMILES string of the molecule is Cc1cccc(N=C2NC(=O)[C@@H](Cc3ccc(Cl)cc3Cl)S2)n1. The second-order valence-corrected chi connectivity index (χ2v) is 7.12. The van der Waals surface area contributed by atoms with Crippen LogP contribution in [-0.4, -0.2) is 21.3 Å². The molecule has 1 saturated heterocycles. The number of hydrogen-bond acceptors (Lipinski definition) is 4. The van der Waals surface area contributed by atoms with Crippen LogP contribution in [0, 0.1) is 6.92 Å². The maximum absolute atomic E-state index is 12.1. The lowest BCUT2D eigenvalue weighted by Gasteiger charge is -2.07. The van der Waals surface area contributed by atoms with Crippen LogP contribution in [0.1, 0.15) is 11.3 Å². The van der Waals surface area contributed by atoms with Crippen LogP contribution in [-0.2, 0) is 11.2 Å². The summed E-state index contributed by atoms with van der Waals surface area (Å²) in [6, 6.07) is 10.9. The first kappa shape index (κ1) is 16.3. The van der Waals surface area contributed by atoms with Crippen molar-refractivity contribution >= 4 is 51.9 Å². The van der Waals surface area contributed by atoms with Gasteiger partial charge in [-0.05, 0) is 43.2 Å². The van der Waals surface area contributed by atoms with Crippen molar-refractivity contribution < 1.29 is 4.79 Å². The Morgan fingerprint density at radius 2 is 2.13 bits per heavy atom. The number of nitrogens with one attached hydrogen (secondary N) is 1. The predicted molar refractivity (Wildman–Crippen MR) is 95.8 cm³/mol. The summed E-state index contributed by atoms with van der Waals surface area (Å²) in [5.74, 6) is 0.505. The minimum Gasteiger partial charge on any atom is -0.304 e. The molecule has 0 saturated carbocycles. The summed E-state index contributed by atoms with van der Waals surface area (Å²) in [6.07, 6.45) is 0.521. The van der Waals surface area contributed by atoms with Crippen LogP contribution < -0.4 is 5.32 Å². The summed E-state index contributed by atoms with van der Waals surface area (Å²) in [4.78, 5) is 20.8. The zero-order valence-electron chi connectivity index (χ0n) is 12.2. The van der Waals surface area contributed by atoms with Crippen LogP contribution >= 0.6 is 35.0 Å². The Bertz CT molecular complexity index is 795. The number of benzene rings is 1. The van der Waals surface area contributed by atoms with Gasteiger partial charge in [0.1, 0.15) is 0 Å². The van der Waals surface area contributed by atoms with Gasteiger partial charge in [-0.15, -0.1) is 0 Å². The second kappa shape index (κ2) is 6.91. The molecule has 1 N–H and O–H groups in total. The van der Waals surface area contributed by atoms with E-state index in [1.165, 1.54) is 11.8 Å². The topological polar surface area (TPSA) is 54.4 Å². The number of amides is 1. The molecule has 2 aromatic rings. The van der Waals surface area contributed by atoms with E-state index in [-0.39, 0.29) is 11.2 Å². The molecule has 0 radical (unpaired) electrons. The molecule has 0 spiro atoms. The number of hydrogen-bond donors (Lipinski definition) is 1. The van der Waals surface area contributed by atoms with Gasteiger partial charge in [0.15, 0.2) is 11.0 Å². The smallest absolute Gasteiger partial charge is 0.239 e. The molecule has 1 aromatic carbocycles. The molecule has 0 unspecified atom stereocenters. The number of pyridine rings is 1. The minimum absolute atomic E-state index is 0.0765. The molecule has 7 heteroatoms. The zero-order chi connectivity index (χ0) is 16.4. The molecule has 1 aromatic heterocycles. The van der Waals surface area contributed by atoms with E-state index in [1.807, 2.05) is 25.1 Å². The number of aryl methyl sites for hydroxylation is 1. The number of thioether (sulfide) groups is 1. The summed E-state index contributed by atoms with van der Waals surface area (Å²) in [5.41, 5.74) is 1.77. The van der Waals surface area contributed by atoms with Crippen LogP contribution in [0.2, 0.25) is 10.0 Å². The van der Waals surface area contributed by atoms with Gasteiger partial charge in [0, 0.05) is 15.7 Å². The standard InChI is InChI=1S/C16H13Cl2N3OS/c1-9-3-2-4-14(19-9)20-16-21-15(22)13(23-16)7-10-5-6-11(17)8-12(10)18/h2-6,8,13H,7H2,1H3,(H,19,20,21,22)/t13-/m1/s1. The maximum atomic E-state index is 12.1. The Hall–Kier alpha value is -1.56. The molecule has 1 aliphatic heterocycles. The number of aliphatic imine (C=N–C) groups is 1. The fourth-order valence-corrected chi connectivity index (χ4v) is 3.66. The molecule has 1 amide bonds. The Balaban J connectivity index is 1.75. The summed E-state index contributed by atoms with van der Waals surface area (Å²) in [6.45, 7) is 1.90. The highest BCUT2D eigenvalue weighted by Gasteiger charge is 2.30. The fourth-order valence-electron chi connectivity index (χ4n) is 2.17. The van der Waals surface area contributed by atoms with E-state index < -0.39 is 0 Å². The summed E-state index contributed by atoms with van der Waals surface area (Å²) >= 11 is 13.5. The number of rotatable bonds is 3. The minimum atomic E-state index is -0.266. The Morgan fingerprint density at radius 3 is 2.87 bits per heavy atom. The van der Waals surface area contributed by atoms with Crippen LogP contribution in [0.15, 0.2) is 41.4 Å². The molecule has 3 rings (SSSR count). The van der Waals surface area contributed by atoms with Crippen LogP contribution in [0.5, 0.6) is 0 Å². The lowest BCUT2D eigenvalue weighted by molar-refractivity contribution is -0.118. The average molecular weight is 366 g/mol. The summed E-state index contributed by atoms with van der Waals surface area (Å²) in [5, 5.41) is 4.23. The highest BCUT2D eigenvalue weighted by atomic mass is 35.5. The lowest BCUT2D eigenvalue weighted by atomic mass is 10.1. The zero-order valence-corrected chi connectivity index (χ0v) is 14.5. The molecular weight excluding hydrogens is 353 g/mol. The van der Waals surface area contributed by atoms with E-state index in [1.54, 1.807) is 18.2 Å². The van der Waals surface area contributed by atoms with E-state index >= 15 is 0 Å². The Morgan fingerprint density at radius 1 is 1.30 bits per heavy atom. The van der Waals surface area contributed by atoms with E-state index in [0.29, 0.717) is 27.5 Å². The molecule has 118 valence electrons. The number of halogens is 2. The van der Waals surface area contributed by atoms with E-state index in [0.717, 1.165) is 11.3 Å². The third kappa shape index (κ3) is 4.05. The van der Waals surface area contributed by atoms with Crippen LogP contribution in [0.25, 0.3) is 0 Å².